The molecule has 0 aliphatic carbocycles. The lowest BCUT2D eigenvalue weighted by Crippen LogP contribution is -2.33. The van der Waals surface area contributed by atoms with Crippen LogP contribution in [0.4, 0.5) is 0 Å². The van der Waals surface area contributed by atoms with Gasteiger partial charge in [-0.05, 0) is 18.9 Å². The highest BCUT2D eigenvalue weighted by Crippen LogP contribution is 2.31. The first-order valence-corrected chi connectivity index (χ1v) is 8.25. The highest BCUT2D eigenvalue weighted by Gasteiger charge is 2.16. The molecule has 0 saturated carbocycles. The second kappa shape index (κ2) is 11.3. The van der Waals surface area contributed by atoms with E-state index in [0.29, 0.717) is 13.1 Å². The zero-order valence-corrected chi connectivity index (χ0v) is 14.9. The first-order valence-electron chi connectivity index (χ1n) is 8.25. The quantitative estimate of drug-likeness (QED) is 0.599. The summed E-state index contributed by atoms with van der Waals surface area (Å²) < 4.78 is 16.0. The van der Waals surface area contributed by atoms with Gasteiger partial charge in [0.05, 0.1) is 20.3 Å². The highest BCUT2D eigenvalue weighted by atomic mass is 16.5. The molecular weight excluding hydrogens is 294 g/mol. The van der Waals surface area contributed by atoms with Gasteiger partial charge in [0.15, 0.2) is 11.5 Å². The van der Waals surface area contributed by atoms with E-state index in [-0.39, 0.29) is 6.10 Å². The number of aliphatic hydroxyl groups is 1. The molecule has 1 aromatic carbocycles. The van der Waals surface area contributed by atoms with Gasteiger partial charge in [-0.1, -0.05) is 25.5 Å². The van der Waals surface area contributed by atoms with Gasteiger partial charge in [0.2, 0.25) is 0 Å². The summed E-state index contributed by atoms with van der Waals surface area (Å²) in [5.41, 5.74) is 1.06. The Balaban J connectivity index is 2.82. The lowest BCUT2D eigenvalue weighted by atomic mass is 10.1. The molecule has 0 amide bonds. The van der Waals surface area contributed by atoms with Crippen LogP contribution in [0.5, 0.6) is 11.5 Å². The Hall–Kier alpha value is -1.30. The van der Waals surface area contributed by atoms with E-state index in [1.807, 2.05) is 18.2 Å². The maximum absolute atomic E-state index is 10.2. The van der Waals surface area contributed by atoms with Crippen LogP contribution in [0, 0.1) is 0 Å². The molecule has 23 heavy (non-hydrogen) atoms. The second-order valence-corrected chi connectivity index (χ2v) is 5.68. The van der Waals surface area contributed by atoms with Gasteiger partial charge in [-0.25, -0.2) is 0 Å². The number of methoxy groups -OCH3 is 3. The maximum atomic E-state index is 10.2. The zero-order chi connectivity index (χ0) is 17.1. The SMILES string of the molecule is CCC[C@H](O)CN(CCCOC)Cc1cccc(OC)c1OC. The molecule has 132 valence electrons. The Labute approximate surface area is 140 Å². The van der Waals surface area contributed by atoms with Crippen LogP contribution in [0.3, 0.4) is 0 Å². The topological polar surface area (TPSA) is 51.2 Å². The minimum atomic E-state index is -0.306. The van der Waals surface area contributed by atoms with Crippen LogP contribution >= 0.6 is 0 Å². The molecular formula is C18H31NO4. The third-order valence-electron chi connectivity index (χ3n) is 3.79. The molecule has 0 aromatic heterocycles. The predicted octanol–water partition coefficient (Wildman–Crippen LogP) is 2.70. The summed E-state index contributed by atoms with van der Waals surface area (Å²) in [5.74, 6) is 1.49. The summed E-state index contributed by atoms with van der Waals surface area (Å²) in [6.45, 7) is 5.04. The first kappa shape index (κ1) is 19.7. The van der Waals surface area contributed by atoms with Gasteiger partial charge in [-0.2, -0.15) is 0 Å². The van der Waals surface area contributed by atoms with Gasteiger partial charge >= 0.3 is 0 Å². The Bertz CT molecular complexity index is 439. The summed E-state index contributed by atoms with van der Waals surface area (Å²) in [4.78, 5) is 2.25. The largest absolute Gasteiger partial charge is 0.493 e. The van der Waals surface area contributed by atoms with Crippen LogP contribution in [0.25, 0.3) is 0 Å². The average molecular weight is 325 g/mol. The fourth-order valence-corrected chi connectivity index (χ4v) is 2.71. The Kier molecular flexibility index (Phi) is 9.67. The number of hydrogen-bond donors (Lipinski definition) is 1. The van der Waals surface area contributed by atoms with Crippen molar-refractivity contribution < 1.29 is 19.3 Å². The first-order chi connectivity index (χ1) is 11.2. The van der Waals surface area contributed by atoms with Crippen LogP contribution in [0.1, 0.15) is 31.7 Å². The summed E-state index contributed by atoms with van der Waals surface area (Å²) in [7, 11) is 5.01. The van der Waals surface area contributed by atoms with E-state index >= 15 is 0 Å². The number of benzene rings is 1. The van der Waals surface area contributed by atoms with Gasteiger partial charge in [-0.3, -0.25) is 4.90 Å². The lowest BCUT2D eigenvalue weighted by molar-refractivity contribution is 0.0925. The van der Waals surface area contributed by atoms with Gasteiger partial charge in [0, 0.05) is 38.9 Å². The monoisotopic (exact) mass is 325 g/mol. The van der Waals surface area contributed by atoms with Crippen LogP contribution in [0.2, 0.25) is 0 Å². The Morgan fingerprint density at radius 2 is 1.96 bits per heavy atom. The van der Waals surface area contributed by atoms with Crippen LogP contribution in [-0.4, -0.2) is 57.1 Å². The average Bonchev–Trinajstić information content (AvgIpc) is 2.54. The number of para-hydroxylation sites is 1. The molecule has 1 aromatic rings. The molecule has 5 heteroatoms. The standard InChI is InChI=1S/C18H31NO4/c1-5-8-16(20)14-19(11-7-12-21-2)13-15-9-6-10-17(22-3)18(15)23-4/h6,9-10,16,20H,5,7-8,11-14H2,1-4H3/t16-/m0/s1. The summed E-state index contributed by atoms with van der Waals surface area (Å²) in [5, 5.41) is 10.2. The third kappa shape index (κ3) is 6.77. The molecule has 0 heterocycles. The normalized spacial score (nSPS) is 12.4. The number of rotatable bonds is 12. The molecule has 0 spiro atoms. The van der Waals surface area contributed by atoms with E-state index in [2.05, 4.69) is 11.8 Å². The number of hydrogen-bond acceptors (Lipinski definition) is 5. The van der Waals surface area contributed by atoms with Crippen molar-refractivity contribution in [2.45, 2.75) is 38.8 Å². The second-order valence-electron chi connectivity index (χ2n) is 5.68. The maximum Gasteiger partial charge on any atom is 0.165 e. The number of aliphatic hydroxyl groups excluding tert-OH is 1. The zero-order valence-electron chi connectivity index (χ0n) is 14.9. The molecule has 0 aliphatic heterocycles. The Morgan fingerprint density at radius 1 is 1.17 bits per heavy atom. The van der Waals surface area contributed by atoms with Crippen molar-refractivity contribution in [3.63, 3.8) is 0 Å². The molecule has 5 nitrogen and oxygen atoms in total. The molecule has 0 unspecified atom stereocenters. The summed E-state index contributed by atoms with van der Waals surface area (Å²) in [6.07, 6.45) is 2.42. The fourth-order valence-electron chi connectivity index (χ4n) is 2.71. The minimum Gasteiger partial charge on any atom is -0.493 e. The van der Waals surface area contributed by atoms with Crippen molar-refractivity contribution in [3.8, 4) is 11.5 Å². The lowest BCUT2D eigenvalue weighted by Gasteiger charge is -2.26. The van der Waals surface area contributed by atoms with E-state index in [0.717, 1.165) is 49.5 Å². The molecule has 0 radical (unpaired) electrons. The molecule has 0 bridgehead atoms. The van der Waals surface area contributed by atoms with E-state index in [1.54, 1.807) is 21.3 Å². The smallest absolute Gasteiger partial charge is 0.165 e. The van der Waals surface area contributed by atoms with Crippen LogP contribution < -0.4 is 9.47 Å². The van der Waals surface area contributed by atoms with Gasteiger partial charge in [0.1, 0.15) is 0 Å². The fraction of sp³-hybridized carbons (Fsp3) is 0.667. The van der Waals surface area contributed by atoms with Crippen molar-refractivity contribution in [2.75, 3.05) is 41.0 Å². The minimum absolute atomic E-state index is 0.306. The molecule has 0 aliphatic rings. The molecule has 1 rings (SSSR count). The van der Waals surface area contributed by atoms with Crippen molar-refractivity contribution in [1.82, 2.24) is 4.90 Å². The van der Waals surface area contributed by atoms with Crippen LogP contribution in [-0.2, 0) is 11.3 Å². The molecule has 0 fully saturated rings. The molecule has 0 saturated heterocycles. The van der Waals surface area contributed by atoms with Crippen molar-refractivity contribution in [1.29, 1.82) is 0 Å². The van der Waals surface area contributed by atoms with Crippen molar-refractivity contribution >= 4 is 0 Å². The van der Waals surface area contributed by atoms with E-state index in [9.17, 15) is 5.11 Å². The van der Waals surface area contributed by atoms with Gasteiger partial charge < -0.3 is 19.3 Å². The van der Waals surface area contributed by atoms with Gasteiger partial charge in [0.25, 0.3) is 0 Å². The molecule has 1 atom stereocenters. The predicted molar refractivity (Wildman–Crippen MR) is 92.2 cm³/mol. The van der Waals surface area contributed by atoms with Crippen molar-refractivity contribution in [3.05, 3.63) is 23.8 Å². The van der Waals surface area contributed by atoms with Crippen molar-refractivity contribution in [2.24, 2.45) is 0 Å². The number of nitrogens with zero attached hydrogens (tertiary/aromatic N) is 1. The van der Waals surface area contributed by atoms with Crippen LogP contribution in [0.15, 0.2) is 18.2 Å². The summed E-state index contributed by atoms with van der Waals surface area (Å²) in [6, 6.07) is 5.90. The highest BCUT2D eigenvalue weighted by molar-refractivity contribution is 5.46. The van der Waals surface area contributed by atoms with E-state index in [1.165, 1.54) is 0 Å². The third-order valence-corrected chi connectivity index (χ3v) is 3.79. The number of ether oxygens (including phenoxy) is 3. The summed E-state index contributed by atoms with van der Waals surface area (Å²) >= 11 is 0. The van der Waals surface area contributed by atoms with E-state index < -0.39 is 0 Å². The molecule has 1 N–H and O–H groups in total. The Morgan fingerprint density at radius 3 is 2.57 bits per heavy atom. The van der Waals surface area contributed by atoms with E-state index in [4.69, 9.17) is 14.2 Å². The van der Waals surface area contributed by atoms with Gasteiger partial charge in [-0.15, -0.1) is 0 Å².